The molecular weight excluding hydrogens is 781 g/mol. The topological polar surface area (TPSA) is 89.5 Å². The minimum atomic E-state index is -4.54. The monoisotopic (exact) mass is 816 g/mol. The molecule has 9 rings (SSSR count). The molecule has 2 fully saturated rings. The van der Waals surface area contributed by atoms with Crippen LogP contribution in [0.4, 0.5) is 17.6 Å². The normalized spacial score (nSPS) is 19.6. The van der Waals surface area contributed by atoms with Gasteiger partial charge in [0.1, 0.15) is 18.9 Å². The highest BCUT2D eigenvalue weighted by Gasteiger charge is 2.49. The van der Waals surface area contributed by atoms with E-state index in [0.717, 1.165) is 45.5 Å². The Kier molecular flexibility index (Phi) is 10.3. The highest BCUT2D eigenvalue weighted by atomic mass is 19.4. The first kappa shape index (κ1) is 39.3. The van der Waals surface area contributed by atoms with Crippen molar-refractivity contribution < 1.29 is 55.6 Å². The summed E-state index contributed by atoms with van der Waals surface area (Å²) in [7, 11) is 0. The number of hydrogen-bond donors (Lipinski definition) is 0. The van der Waals surface area contributed by atoms with E-state index in [0.29, 0.717) is 16.7 Å². The third-order valence-electron chi connectivity index (χ3n) is 10.9. The second-order valence-electron chi connectivity index (χ2n) is 14.7. The van der Waals surface area contributed by atoms with E-state index in [9.17, 15) is 27.2 Å². The van der Waals surface area contributed by atoms with Crippen LogP contribution in [0.1, 0.15) is 54.1 Å². The van der Waals surface area contributed by atoms with Crippen molar-refractivity contribution in [3.63, 3.8) is 0 Å². The van der Waals surface area contributed by atoms with Crippen LogP contribution in [0.2, 0.25) is 0 Å². The maximum atomic E-state index is 13.3. The van der Waals surface area contributed by atoms with E-state index in [-0.39, 0.29) is 37.6 Å². The van der Waals surface area contributed by atoms with Gasteiger partial charge in [0.25, 0.3) is 0 Å². The van der Waals surface area contributed by atoms with Crippen molar-refractivity contribution in [1.29, 1.82) is 0 Å². The molecule has 0 atom stereocenters. The summed E-state index contributed by atoms with van der Waals surface area (Å²) in [6.45, 7) is -0.645. The fourth-order valence-corrected chi connectivity index (χ4v) is 7.85. The van der Waals surface area contributed by atoms with Gasteiger partial charge in [-0.05, 0) is 64.2 Å². The lowest BCUT2D eigenvalue weighted by atomic mass is 9.94. The Morgan fingerprint density at radius 2 is 0.933 bits per heavy atom. The van der Waals surface area contributed by atoms with Gasteiger partial charge in [-0.25, -0.2) is 14.0 Å². The summed E-state index contributed by atoms with van der Waals surface area (Å²) < 4.78 is 89.7. The van der Waals surface area contributed by atoms with Gasteiger partial charge >= 0.3 is 18.1 Å². The largest absolute Gasteiger partial charge is 0.454 e. The molecule has 1 spiro atoms. The molecule has 6 aromatic rings. The molecular formula is C48H36F4O8. The lowest BCUT2D eigenvalue weighted by molar-refractivity contribution is -0.277. The number of esters is 2. The average molecular weight is 817 g/mol. The Morgan fingerprint density at radius 1 is 0.533 bits per heavy atom. The maximum absolute atomic E-state index is 13.3. The summed E-state index contributed by atoms with van der Waals surface area (Å²) in [6.07, 6.45) is -5.98. The lowest BCUT2D eigenvalue weighted by Gasteiger charge is -2.40. The number of carbonyl (C=O) groups is 2. The Hall–Kier alpha value is -6.18. The van der Waals surface area contributed by atoms with Gasteiger partial charge in [0.2, 0.25) is 11.6 Å². The summed E-state index contributed by atoms with van der Waals surface area (Å²) in [5.41, 5.74) is 6.45. The van der Waals surface area contributed by atoms with Crippen LogP contribution in [-0.2, 0) is 52.8 Å². The van der Waals surface area contributed by atoms with Crippen LogP contribution in [0.15, 0.2) is 146 Å². The quantitative estimate of drug-likeness (QED) is 0.111. The SMILES string of the molecule is O=C(OC1COC(c2ccc(CF)cc2)(c2ccc(C(F)(F)F)cc2)OC1)c1ccc(-c2ccc(C(=O)OC3COC4(OC3)c3ccccc3-c3ccccc34)cc2)cc1. The van der Waals surface area contributed by atoms with Crippen molar-refractivity contribution in [2.45, 2.75) is 36.6 Å². The summed E-state index contributed by atoms with van der Waals surface area (Å²) in [5, 5.41) is 0. The van der Waals surface area contributed by atoms with Crippen molar-refractivity contribution in [2.75, 3.05) is 26.4 Å². The van der Waals surface area contributed by atoms with Crippen LogP contribution in [0.3, 0.4) is 0 Å². The van der Waals surface area contributed by atoms with Gasteiger partial charge in [0.15, 0.2) is 0 Å². The van der Waals surface area contributed by atoms with Crippen molar-refractivity contribution in [3.05, 3.63) is 190 Å². The first-order valence-corrected chi connectivity index (χ1v) is 19.3. The molecule has 1 aliphatic carbocycles. The number of ether oxygens (including phenoxy) is 6. The first-order chi connectivity index (χ1) is 29.1. The van der Waals surface area contributed by atoms with Crippen molar-refractivity contribution >= 4 is 11.9 Å². The lowest BCUT2D eigenvalue weighted by Crippen LogP contribution is -2.46. The average Bonchev–Trinajstić information content (AvgIpc) is 3.56. The van der Waals surface area contributed by atoms with Crippen molar-refractivity contribution in [1.82, 2.24) is 0 Å². The molecule has 0 saturated carbocycles. The second-order valence-corrected chi connectivity index (χ2v) is 14.7. The summed E-state index contributed by atoms with van der Waals surface area (Å²) in [6, 6.07) is 40.2. The van der Waals surface area contributed by atoms with Crippen LogP contribution < -0.4 is 0 Å². The predicted molar refractivity (Wildman–Crippen MR) is 210 cm³/mol. The molecule has 6 aromatic carbocycles. The molecule has 2 aliphatic heterocycles. The van der Waals surface area contributed by atoms with Gasteiger partial charge in [0.05, 0.1) is 43.1 Å². The molecule has 8 nitrogen and oxygen atoms in total. The third kappa shape index (κ3) is 7.26. The molecule has 2 saturated heterocycles. The standard InChI is InChI=1S/C48H36F4O8/c49-25-30-9-19-35(20-10-30)46(36-21-23-37(24-22-36)48(50,51)52)55-26-38(27-56-46)59-44(53)33-15-11-31(12-16-33)32-13-17-34(18-14-32)45(54)60-39-28-57-47(58-29-39)42-7-3-1-5-40(42)41-6-2-4-8-43(41)47/h1-24,38-39H,25-29H2. The molecule has 0 unspecified atom stereocenters. The van der Waals surface area contributed by atoms with Crippen LogP contribution in [0.25, 0.3) is 22.3 Å². The zero-order valence-electron chi connectivity index (χ0n) is 31.8. The second kappa shape index (κ2) is 15.8. The van der Waals surface area contributed by atoms with Crippen LogP contribution >= 0.6 is 0 Å². The van der Waals surface area contributed by atoms with Crippen LogP contribution in [0.5, 0.6) is 0 Å². The van der Waals surface area contributed by atoms with E-state index in [1.807, 2.05) is 48.5 Å². The summed E-state index contributed by atoms with van der Waals surface area (Å²) in [4.78, 5) is 26.3. The number of carbonyl (C=O) groups excluding carboxylic acids is 2. The molecule has 0 bridgehead atoms. The third-order valence-corrected chi connectivity index (χ3v) is 10.9. The highest BCUT2D eigenvalue weighted by Crippen LogP contribution is 2.51. The molecule has 2 heterocycles. The minimum Gasteiger partial charge on any atom is -0.454 e. The van der Waals surface area contributed by atoms with Crippen LogP contribution in [-0.4, -0.2) is 50.6 Å². The van der Waals surface area contributed by atoms with Gasteiger partial charge in [-0.2, -0.15) is 13.2 Å². The molecule has 0 radical (unpaired) electrons. The Bertz CT molecular complexity index is 2460. The number of fused-ring (bicyclic) bond motifs is 5. The number of rotatable bonds is 8. The Balaban J connectivity index is 0.804. The molecule has 3 aliphatic rings. The van der Waals surface area contributed by atoms with Gasteiger partial charge < -0.3 is 28.4 Å². The molecule has 12 heteroatoms. The van der Waals surface area contributed by atoms with E-state index in [2.05, 4.69) is 0 Å². The molecule has 304 valence electrons. The highest BCUT2D eigenvalue weighted by molar-refractivity contribution is 5.91. The van der Waals surface area contributed by atoms with E-state index >= 15 is 0 Å². The number of hydrogen-bond acceptors (Lipinski definition) is 8. The number of benzene rings is 6. The van der Waals surface area contributed by atoms with E-state index in [1.54, 1.807) is 72.8 Å². The van der Waals surface area contributed by atoms with Gasteiger partial charge in [-0.1, -0.05) is 109 Å². The fraction of sp³-hybridized carbons (Fsp3) is 0.208. The van der Waals surface area contributed by atoms with Gasteiger partial charge in [0, 0.05) is 22.3 Å². The zero-order chi connectivity index (χ0) is 41.5. The maximum Gasteiger partial charge on any atom is 0.416 e. The van der Waals surface area contributed by atoms with Crippen molar-refractivity contribution in [2.24, 2.45) is 0 Å². The smallest absolute Gasteiger partial charge is 0.416 e. The van der Waals surface area contributed by atoms with E-state index in [1.165, 1.54) is 12.1 Å². The summed E-state index contributed by atoms with van der Waals surface area (Å²) >= 11 is 0. The minimum absolute atomic E-state index is 0.130. The number of halogens is 4. The number of alkyl halides is 4. The Morgan fingerprint density at radius 3 is 1.35 bits per heavy atom. The molecule has 60 heavy (non-hydrogen) atoms. The Labute approximate surface area is 342 Å². The molecule has 0 aromatic heterocycles. The summed E-state index contributed by atoms with van der Waals surface area (Å²) in [5.74, 6) is -3.81. The van der Waals surface area contributed by atoms with Gasteiger partial charge in [-0.3, -0.25) is 0 Å². The fourth-order valence-electron chi connectivity index (χ4n) is 7.85. The van der Waals surface area contributed by atoms with E-state index < -0.39 is 54.1 Å². The molecule has 0 N–H and O–H groups in total. The zero-order valence-corrected chi connectivity index (χ0v) is 31.8. The molecule has 0 amide bonds. The van der Waals surface area contributed by atoms with E-state index in [4.69, 9.17) is 28.4 Å². The van der Waals surface area contributed by atoms with Gasteiger partial charge in [-0.15, -0.1) is 0 Å². The van der Waals surface area contributed by atoms with Crippen molar-refractivity contribution in [3.8, 4) is 22.3 Å². The van der Waals surface area contributed by atoms with Crippen LogP contribution in [0, 0.1) is 0 Å². The first-order valence-electron chi connectivity index (χ1n) is 19.3. The predicted octanol–water partition coefficient (Wildman–Crippen LogP) is 9.77.